The third-order valence-electron chi connectivity index (χ3n) is 3.02. The molecule has 4 atom stereocenters. The molecule has 0 aromatic carbocycles. The molecule has 8 nitrogen and oxygen atoms in total. The number of phosphoric ester groups is 1. The number of phosphoric acid groups is 1. The smallest absolute Gasteiger partial charge is 0.383 e. The quantitative estimate of drug-likeness (QED) is 0.730. The van der Waals surface area contributed by atoms with Crippen LogP contribution in [0, 0.1) is 0 Å². The number of hydrogen-bond acceptors (Lipinski definition) is 7. The van der Waals surface area contributed by atoms with Crippen molar-refractivity contribution in [1.82, 2.24) is 9.55 Å². The molecule has 130 valence electrons. The van der Waals surface area contributed by atoms with E-state index in [4.69, 9.17) is 14.8 Å². The lowest BCUT2D eigenvalue weighted by molar-refractivity contribution is 0.119. The lowest BCUT2D eigenvalue weighted by Gasteiger charge is -2.17. The highest BCUT2D eigenvalue weighted by atomic mass is 32.2. The van der Waals surface area contributed by atoms with Crippen LogP contribution in [0.2, 0.25) is 0 Å². The summed E-state index contributed by atoms with van der Waals surface area (Å²) in [4.78, 5) is 24.8. The van der Waals surface area contributed by atoms with Crippen LogP contribution in [0.15, 0.2) is 17.1 Å². The average molecular weight is 367 g/mol. The standard InChI is InChI=1S/C12H19FN3O5PS/c1-7(2)21-22(18,19)20-6-8-5-9(13)11(23-8)16-4-3-10(14)15-12(16)17/h3-4,7-9,11H,5-6H2,1-2H3,(H,18,19)(H2,14,15,17)/t8-,9-,11+/m0/s1. The summed E-state index contributed by atoms with van der Waals surface area (Å²) in [5.74, 6) is 0.0663. The van der Waals surface area contributed by atoms with Crippen molar-refractivity contribution in [2.45, 2.75) is 43.2 Å². The number of nitrogen functional groups attached to an aromatic ring is 1. The van der Waals surface area contributed by atoms with Gasteiger partial charge in [-0.05, 0) is 26.3 Å². The van der Waals surface area contributed by atoms with Gasteiger partial charge in [-0.2, -0.15) is 4.98 Å². The van der Waals surface area contributed by atoms with Gasteiger partial charge in [0, 0.05) is 11.4 Å². The first-order chi connectivity index (χ1) is 10.7. The first-order valence-electron chi connectivity index (χ1n) is 6.98. The molecule has 11 heteroatoms. The summed E-state index contributed by atoms with van der Waals surface area (Å²) in [7, 11) is -4.16. The second kappa shape index (κ2) is 7.31. The molecule has 1 saturated heterocycles. The number of hydrogen-bond donors (Lipinski definition) is 2. The van der Waals surface area contributed by atoms with Crippen LogP contribution in [0.4, 0.5) is 10.2 Å². The Hall–Kier alpha value is -0.930. The summed E-state index contributed by atoms with van der Waals surface area (Å²) in [6.45, 7) is 3.05. The second-order valence-electron chi connectivity index (χ2n) is 5.36. The van der Waals surface area contributed by atoms with Gasteiger partial charge >= 0.3 is 13.5 Å². The van der Waals surface area contributed by atoms with Crippen molar-refractivity contribution < 1.29 is 22.9 Å². The van der Waals surface area contributed by atoms with Crippen molar-refractivity contribution in [2.24, 2.45) is 0 Å². The molecule has 23 heavy (non-hydrogen) atoms. The van der Waals surface area contributed by atoms with Gasteiger partial charge in [0.2, 0.25) is 0 Å². The van der Waals surface area contributed by atoms with Crippen molar-refractivity contribution in [3.8, 4) is 0 Å². The van der Waals surface area contributed by atoms with Crippen LogP contribution < -0.4 is 11.4 Å². The van der Waals surface area contributed by atoms with Crippen molar-refractivity contribution in [3.63, 3.8) is 0 Å². The Morgan fingerprint density at radius 3 is 2.96 bits per heavy atom. The van der Waals surface area contributed by atoms with Gasteiger partial charge in [-0.15, -0.1) is 11.8 Å². The lowest BCUT2D eigenvalue weighted by Crippen LogP contribution is -2.28. The van der Waals surface area contributed by atoms with E-state index in [1.54, 1.807) is 13.8 Å². The number of nitrogens with zero attached hydrogens (tertiary/aromatic N) is 2. The van der Waals surface area contributed by atoms with Gasteiger partial charge in [0.1, 0.15) is 17.4 Å². The lowest BCUT2D eigenvalue weighted by atomic mass is 10.2. The van der Waals surface area contributed by atoms with E-state index in [9.17, 15) is 18.6 Å². The highest BCUT2D eigenvalue weighted by molar-refractivity contribution is 8.00. The summed E-state index contributed by atoms with van der Waals surface area (Å²) >= 11 is 1.15. The molecule has 1 fully saturated rings. The zero-order valence-electron chi connectivity index (χ0n) is 12.7. The fourth-order valence-corrected chi connectivity index (χ4v) is 4.62. The van der Waals surface area contributed by atoms with E-state index in [0.29, 0.717) is 0 Å². The molecule has 0 amide bonds. The highest BCUT2D eigenvalue weighted by Crippen LogP contribution is 2.48. The molecule has 0 bridgehead atoms. The molecule has 2 rings (SSSR count). The van der Waals surface area contributed by atoms with Crippen molar-refractivity contribution in [3.05, 3.63) is 22.7 Å². The highest BCUT2D eigenvalue weighted by Gasteiger charge is 2.38. The molecule has 0 spiro atoms. The summed E-state index contributed by atoms with van der Waals surface area (Å²) in [5.41, 5.74) is 4.77. The first-order valence-corrected chi connectivity index (χ1v) is 9.41. The van der Waals surface area contributed by atoms with Crippen LogP contribution in [0.3, 0.4) is 0 Å². The zero-order valence-corrected chi connectivity index (χ0v) is 14.4. The Morgan fingerprint density at radius 1 is 1.65 bits per heavy atom. The molecule has 0 aliphatic carbocycles. The number of anilines is 1. The Balaban J connectivity index is 1.99. The molecule has 1 aromatic rings. The normalized spacial score (nSPS) is 27.3. The maximum absolute atomic E-state index is 14.2. The number of halogens is 1. The topological polar surface area (TPSA) is 117 Å². The van der Waals surface area contributed by atoms with E-state index in [1.165, 1.54) is 12.3 Å². The van der Waals surface area contributed by atoms with E-state index in [0.717, 1.165) is 16.3 Å². The Bertz CT molecular complexity index is 658. The molecule has 1 aromatic heterocycles. The molecule has 0 radical (unpaired) electrons. The van der Waals surface area contributed by atoms with Crippen LogP contribution in [0.1, 0.15) is 25.6 Å². The minimum absolute atomic E-state index is 0.0663. The third kappa shape index (κ3) is 5.02. The van der Waals surface area contributed by atoms with Gasteiger partial charge in [-0.25, -0.2) is 13.8 Å². The van der Waals surface area contributed by atoms with E-state index >= 15 is 0 Å². The van der Waals surface area contributed by atoms with Gasteiger partial charge in [-0.3, -0.25) is 13.6 Å². The fourth-order valence-electron chi connectivity index (χ4n) is 2.15. The summed E-state index contributed by atoms with van der Waals surface area (Å²) in [5, 5.41) is -1.15. The largest absolute Gasteiger partial charge is 0.472 e. The number of rotatable bonds is 6. The van der Waals surface area contributed by atoms with Crippen LogP contribution in [0.5, 0.6) is 0 Å². The molecular formula is C12H19FN3O5PS. The van der Waals surface area contributed by atoms with Crippen LogP contribution in [-0.4, -0.2) is 38.6 Å². The Labute approximate surface area is 136 Å². The maximum Gasteiger partial charge on any atom is 0.472 e. The second-order valence-corrected chi connectivity index (χ2v) is 8.19. The predicted octanol–water partition coefficient (Wildman–Crippen LogP) is 1.71. The van der Waals surface area contributed by atoms with Crippen molar-refractivity contribution in [2.75, 3.05) is 12.3 Å². The molecule has 1 aliphatic heterocycles. The SMILES string of the molecule is CC(C)OP(=O)(O)OC[C@@H]1C[C@H](F)[C@H](n2ccc(N)nc2=O)S1. The molecular weight excluding hydrogens is 348 g/mol. The number of nitrogens with two attached hydrogens (primary N) is 1. The monoisotopic (exact) mass is 367 g/mol. The van der Waals surface area contributed by atoms with E-state index in [2.05, 4.69) is 4.98 Å². The van der Waals surface area contributed by atoms with Crippen LogP contribution in [-0.2, 0) is 13.6 Å². The molecule has 3 N–H and O–H groups in total. The summed E-state index contributed by atoms with van der Waals surface area (Å²) < 4.78 is 36.6. The van der Waals surface area contributed by atoms with Crippen LogP contribution >= 0.6 is 19.6 Å². The van der Waals surface area contributed by atoms with Crippen LogP contribution in [0.25, 0.3) is 0 Å². The number of thioether (sulfide) groups is 1. The molecule has 1 aliphatic rings. The number of aromatic nitrogens is 2. The summed E-state index contributed by atoms with van der Waals surface area (Å²) in [6, 6.07) is 1.41. The van der Waals surface area contributed by atoms with Crippen molar-refractivity contribution in [1.29, 1.82) is 0 Å². The van der Waals surface area contributed by atoms with E-state index < -0.39 is 31.2 Å². The van der Waals surface area contributed by atoms with Gasteiger partial charge in [0.05, 0.1) is 12.7 Å². The van der Waals surface area contributed by atoms with Gasteiger partial charge < -0.3 is 10.6 Å². The van der Waals surface area contributed by atoms with Gasteiger partial charge in [-0.1, -0.05) is 0 Å². The van der Waals surface area contributed by atoms with E-state index in [1.807, 2.05) is 0 Å². The Kier molecular flexibility index (Phi) is 5.85. The zero-order chi connectivity index (χ0) is 17.2. The molecule has 1 unspecified atom stereocenters. The first kappa shape index (κ1) is 18.4. The number of alkyl halides is 1. The van der Waals surface area contributed by atoms with E-state index in [-0.39, 0.29) is 24.1 Å². The van der Waals surface area contributed by atoms with Gasteiger partial charge in [0.25, 0.3) is 0 Å². The fraction of sp³-hybridized carbons (Fsp3) is 0.667. The van der Waals surface area contributed by atoms with Gasteiger partial charge in [0.15, 0.2) is 0 Å². The minimum Gasteiger partial charge on any atom is -0.383 e. The Morgan fingerprint density at radius 2 is 2.35 bits per heavy atom. The summed E-state index contributed by atoms with van der Waals surface area (Å²) in [6.07, 6.45) is -0.297. The minimum atomic E-state index is -4.16. The maximum atomic E-state index is 14.2. The predicted molar refractivity (Wildman–Crippen MR) is 84.8 cm³/mol. The third-order valence-corrected chi connectivity index (χ3v) is 5.70. The molecule has 2 heterocycles. The molecule has 0 saturated carbocycles. The van der Waals surface area contributed by atoms with Crippen molar-refractivity contribution >= 4 is 25.4 Å². The average Bonchev–Trinajstić information content (AvgIpc) is 2.76.